The molecule has 0 unspecified atom stereocenters. The van der Waals surface area contributed by atoms with Crippen molar-refractivity contribution in [1.29, 1.82) is 0 Å². The van der Waals surface area contributed by atoms with Crippen LogP contribution < -0.4 is 5.32 Å². The predicted molar refractivity (Wildman–Crippen MR) is 78.8 cm³/mol. The Balaban J connectivity index is 2.34. The highest BCUT2D eigenvalue weighted by molar-refractivity contribution is 6.31. The van der Waals surface area contributed by atoms with Gasteiger partial charge < -0.3 is 5.32 Å². The van der Waals surface area contributed by atoms with Crippen molar-refractivity contribution in [2.24, 2.45) is 0 Å². The van der Waals surface area contributed by atoms with Crippen molar-refractivity contribution in [1.82, 2.24) is 5.32 Å². The minimum atomic E-state index is -1.46. The monoisotopic (exact) mass is 313 g/mol. The van der Waals surface area contributed by atoms with E-state index in [1.165, 1.54) is 0 Å². The largest absolute Gasteiger partial charge is 0.313 e. The minimum Gasteiger partial charge on any atom is -0.313 e. The molecule has 0 amide bonds. The van der Waals surface area contributed by atoms with Gasteiger partial charge in [-0.05, 0) is 53.9 Å². The molecule has 0 saturated heterocycles. The minimum absolute atomic E-state index is 0.278. The Morgan fingerprint density at radius 1 is 1.00 bits per heavy atom. The van der Waals surface area contributed by atoms with Gasteiger partial charge in [0, 0.05) is 11.6 Å². The summed E-state index contributed by atoms with van der Waals surface area (Å²) in [5.74, 6) is -3.87. The van der Waals surface area contributed by atoms with Gasteiger partial charge in [0.05, 0.1) is 0 Å². The fourth-order valence-corrected chi connectivity index (χ4v) is 2.20. The third-order valence-electron chi connectivity index (χ3n) is 3.11. The molecule has 0 aliphatic rings. The summed E-state index contributed by atoms with van der Waals surface area (Å²) >= 11 is 6.10. The van der Waals surface area contributed by atoms with Crippen LogP contribution in [0.5, 0.6) is 0 Å². The zero-order valence-corrected chi connectivity index (χ0v) is 12.3. The summed E-state index contributed by atoms with van der Waals surface area (Å²) in [7, 11) is 0. The van der Waals surface area contributed by atoms with Gasteiger partial charge in [-0.15, -0.1) is 0 Å². The number of nitrogens with one attached hydrogen (secondary N) is 1. The standard InChI is InChI=1S/C16H15ClF3N/c1-2-5-21-9-12-6-10(3-4-13(12)17)11-7-14(18)16(20)15(19)8-11/h3-4,6-8,21H,2,5,9H2,1H3. The summed E-state index contributed by atoms with van der Waals surface area (Å²) < 4.78 is 39.6. The van der Waals surface area contributed by atoms with Gasteiger partial charge in [0.15, 0.2) is 17.5 Å². The molecule has 2 aromatic rings. The molecule has 1 N–H and O–H groups in total. The van der Waals surface area contributed by atoms with Crippen LogP contribution in [0.3, 0.4) is 0 Å². The molecule has 0 aliphatic carbocycles. The van der Waals surface area contributed by atoms with Crippen LogP contribution in [0.1, 0.15) is 18.9 Å². The van der Waals surface area contributed by atoms with E-state index in [1.807, 2.05) is 0 Å². The van der Waals surface area contributed by atoms with E-state index < -0.39 is 17.5 Å². The first-order valence-corrected chi connectivity index (χ1v) is 7.04. The smallest absolute Gasteiger partial charge is 0.194 e. The Bertz CT molecular complexity index is 620. The first kappa shape index (κ1) is 15.9. The van der Waals surface area contributed by atoms with E-state index in [0.29, 0.717) is 17.1 Å². The first-order chi connectivity index (χ1) is 10.0. The maximum Gasteiger partial charge on any atom is 0.194 e. The highest BCUT2D eigenvalue weighted by atomic mass is 35.5. The molecule has 21 heavy (non-hydrogen) atoms. The molecule has 2 aromatic carbocycles. The molecule has 0 aromatic heterocycles. The fraction of sp³-hybridized carbons (Fsp3) is 0.250. The van der Waals surface area contributed by atoms with E-state index in [4.69, 9.17) is 11.6 Å². The maximum absolute atomic E-state index is 13.3. The topological polar surface area (TPSA) is 12.0 Å². The highest BCUT2D eigenvalue weighted by Crippen LogP contribution is 2.27. The summed E-state index contributed by atoms with van der Waals surface area (Å²) in [4.78, 5) is 0. The number of rotatable bonds is 5. The number of halogens is 4. The molecule has 0 bridgehead atoms. The molecule has 0 radical (unpaired) electrons. The van der Waals surface area contributed by atoms with Gasteiger partial charge in [-0.3, -0.25) is 0 Å². The number of hydrogen-bond acceptors (Lipinski definition) is 1. The average Bonchev–Trinajstić information content (AvgIpc) is 2.46. The molecule has 0 spiro atoms. The van der Waals surface area contributed by atoms with Crippen LogP contribution in [0.4, 0.5) is 13.2 Å². The Labute approximate surface area is 126 Å². The van der Waals surface area contributed by atoms with Gasteiger partial charge >= 0.3 is 0 Å². The summed E-state index contributed by atoms with van der Waals surface area (Å²) in [5.41, 5.74) is 1.69. The van der Waals surface area contributed by atoms with Crippen molar-refractivity contribution >= 4 is 11.6 Å². The molecule has 5 heteroatoms. The van der Waals surface area contributed by atoms with Gasteiger partial charge in [0.2, 0.25) is 0 Å². The third kappa shape index (κ3) is 3.77. The Morgan fingerprint density at radius 2 is 1.67 bits per heavy atom. The lowest BCUT2D eigenvalue weighted by molar-refractivity contribution is 0.447. The fourth-order valence-electron chi connectivity index (χ4n) is 2.01. The second-order valence-corrected chi connectivity index (χ2v) is 5.14. The second-order valence-electron chi connectivity index (χ2n) is 4.74. The van der Waals surface area contributed by atoms with E-state index in [1.54, 1.807) is 18.2 Å². The first-order valence-electron chi connectivity index (χ1n) is 6.67. The van der Waals surface area contributed by atoms with E-state index >= 15 is 0 Å². The zero-order valence-electron chi connectivity index (χ0n) is 11.5. The Morgan fingerprint density at radius 3 is 2.29 bits per heavy atom. The van der Waals surface area contributed by atoms with E-state index in [2.05, 4.69) is 12.2 Å². The Kier molecular flexibility index (Phi) is 5.26. The van der Waals surface area contributed by atoms with Gasteiger partial charge in [-0.2, -0.15) is 0 Å². The molecule has 112 valence electrons. The van der Waals surface area contributed by atoms with Crippen LogP contribution in [-0.2, 0) is 6.54 Å². The van der Waals surface area contributed by atoms with E-state index in [9.17, 15) is 13.2 Å². The van der Waals surface area contributed by atoms with Crippen molar-refractivity contribution in [3.8, 4) is 11.1 Å². The third-order valence-corrected chi connectivity index (χ3v) is 3.47. The second kappa shape index (κ2) is 6.96. The van der Waals surface area contributed by atoms with E-state index in [-0.39, 0.29) is 5.56 Å². The number of hydrogen-bond donors (Lipinski definition) is 1. The maximum atomic E-state index is 13.3. The van der Waals surface area contributed by atoms with E-state index in [0.717, 1.165) is 30.7 Å². The lowest BCUT2D eigenvalue weighted by Gasteiger charge is -2.09. The molecule has 0 aliphatic heterocycles. The molecule has 1 nitrogen and oxygen atoms in total. The predicted octanol–water partition coefficient (Wildman–Crippen LogP) is 4.92. The molecule has 0 heterocycles. The SMILES string of the molecule is CCCNCc1cc(-c2cc(F)c(F)c(F)c2)ccc1Cl. The molecule has 0 fully saturated rings. The van der Waals surface area contributed by atoms with Crippen molar-refractivity contribution < 1.29 is 13.2 Å². The van der Waals surface area contributed by atoms with Crippen molar-refractivity contribution in [3.63, 3.8) is 0 Å². The highest BCUT2D eigenvalue weighted by Gasteiger charge is 2.12. The molecule has 2 rings (SSSR count). The van der Waals surface area contributed by atoms with Crippen LogP contribution in [0, 0.1) is 17.5 Å². The molecule has 0 atom stereocenters. The zero-order chi connectivity index (χ0) is 15.4. The van der Waals surface area contributed by atoms with Crippen LogP contribution in [-0.4, -0.2) is 6.54 Å². The lowest BCUT2D eigenvalue weighted by Crippen LogP contribution is -2.14. The molecular formula is C16H15ClF3N. The van der Waals surface area contributed by atoms with Crippen LogP contribution in [0.2, 0.25) is 5.02 Å². The summed E-state index contributed by atoms with van der Waals surface area (Å²) in [6.07, 6.45) is 0.992. The normalized spacial score (nSPS) is 10.9. The van der Waals surface area contributed by atoms with Crippen molar-refractivity contribution in [2.45, 2.75) is 19.9 Å². The summed E-state index contributed by atoms with van der Waals surface area (Å²) in [5, 5.41) is 3.78. The molecule has 0 saturated carbocycles. The van der Waals surface area contributed by atoms with Gasteiger partial charge in [0.25, 0.3) is 0 Å². The average molecular weight is 314 g/mol. The number of benzene rings is 2. The Hall–Kier alpha value is -1.52. The summed E-state index contributed by atoms with van der Waals surface area (Å²) in [6.45, 7) is 3.46. The summed E-state index contributed by atoms with van der Waals surface area (Å²) in [6, 6.07) is 7.02. The van der Waals surface area contributed by atoms with Crippen molar-refractivity contribution in [2.75, 3.05) is 6.54 Å². The van der Waals surface area contributed by atoms with Crippen LogP contribution >= 0.6 is 11.6 Å². The van der Waals surface area contributed by atoms with Gasteiger partial charge in [0.1, 0.15) is 0 Å². The van der Waals surface area contributed by atoms with Gasteiger partial charge in [-0.1, -0.05) is 24.6 Å². The van der Waals surface area contributed by atoms with Crippen molar-refractivity contribution in [3.05, 3.63) is 58.4 Å². The van der Waals surface area contributed by atoms with Crippen LogP contribution in [0.25, 0.3) is 11.1 Å². The quantitative estimate of drug-likeness (QED) is 0.610. The van der Waals surface area contributed by atoms with Gasteiger partial charge in [-0.25, -0.2) is 13.2 Å². The lowest BCUT2D eigenvalue weighted by atomic mass is 10.0. The molecular weight excluding hydrogens is 299 g/mol. The van der Waals surface area contributed by atoms with Crippen LogP contribution in [0.15, 0.2) is 30.3 Å².